The molecule has 0 aliphatic carbocycles. The second-order valence-corrected chi connectivity index (χ2v) is 7.55. The van der Waals surface area contributed by atoms with E-state index in [2.05, 4.69) is 4.98 Å². The van der Waals surface area contributed by atoms with Crippen LogP contribution in [0, 0.1) is 13.8 Å². The molecule has 1 N–H and O–H groups in total. The highest BCUT2D eigenvalue weighted by Crippen LogP contribution is 2.33. The molecule has 1 aromatic heterocycles. The van der Waals surface area contributed by atoms with E-state index in [1.807, 2.05) is 19.1 Å². The lowest BCUT2D eigenvalue weighted by molar-refractivity contribution is -0.139. The van der Waals surface area contributed by atoms with Crippen molar-refractivity contribution >= 4 is 17.7 Å². The van der Waals surface area contributed by atoms with Gasteiger partial charge in [0.1, 0.15) is 11.5 Å². The van der Waals surface area contributed by atoms with Gasteiger partial charge >= 0.3 is 12.1 Å². The smallest absolute Gasteiger partial charge is 0.416 e. The van der Waals surface area contributed by atoms with Crippen molar-refractivity contribution in [2.45, 2.75) is 30.7 Å². The van der Waals surface area contributed by atoms with Gasteiger partial charge in [-0.05, 0) is 55.8 Å². The Morgan fingerprint density at radius 1 is 1.17 bits per heavy atom. The Kier molecular flexibility index (Phi) is 6.40. The Balaban J connectivity index is 1.71. The highest BCUT2D eigenvalue weighted by Gasteiger charge is 2.30. The van der Waals surface area contributed by atoms with Crippen LogP contribution >= 0.6 is 11.8 Å². The Morgan fingerprint density at radius 2 is 1.87 bits per heavy atom. The molecule has 5 nitrogen and oxygen atoms in total. The molecule has 0 atom stereocenters. The number of nitrogens with zero attached hydrogens (tertiary/aromatic N) is 1. The predicted octanol–water partition coefficient (Wildman–Crippen LogP) is 5.73. The van der Waals surface area contributed by atoms with E-state index in [1.165, 1.54) is 23.9 Å². The molecule has 1 heterocycles. The van der Waals surface area contributed by atoms with Crippen LogP contribution in [0.2, 0.25) is 0 Å². The van der Waals surface area contributed by atoms with Crippen LogP contribution in [-0.4, -0.2) is 22.7 Å². The number of carbonyl (C=O) groups is 1. The molecule has 158 valence electrons. The number of halogens is 3. The van der Waals surface area contributed by atoms with E-state index in [0.717, 1.165) is 22.6 Å². The summed E-state index contributed by atoms with van der Waals surface area (Å²) < 4.78 is 49.2. The molecule has 0 spiro atoms. The van der Waals surface area contributed by atoms with E-state index < -0.39 is 24.3 Å². The summed E-state index contributed by atoms with van der Waals surface area (Å²) >= 11 is 1.45. The number of ether oxygens (including phenoxy) is 1. The first-order valence-corrected chi connectivity index (χ1v) is 9.84. The molecule has 0 bridgehead atoms. The Bertz CT molecular complexity index is 1050. The van der Waals surface area contributed by atoms with Gasteiger partial charge in [-0.1, -0.05) is 6.07 Å². The highest BCUT2D eigenvalue weighted by atomic mass is 32.2. The zero-order valence-corrected chi connectivity index (χ0v) is 16.9. The zero-order chi connectivity index (χ0) is 21.9. The third-order valence-electron chi connectivity index (χ3n) is 4.23. The van der Waals surface area contributed by atoms with Crippen LogP contribution in [-0.2, 0) is 16.7 Å². The summed E-state index contributed by atoms with van der Waals surface area (Å²) in [7, 11) is 0. The predicted molar refractivity (Wildman–Crippen MR) is 106 cm³/mol. The normalized spacial score (nSPS) is 11.5. The lowest BCUT2D eigenvalue weighted by Crippen LogP contribution is -2.10. The highest BCUT2D eigenvalue weighted by molar-refractivity contribution is 7.98. The molecule has 0 fully saturated rings. The number of hydrogen-bond donors (Lipinski definition) is 1. The van der Waals surface area contributed by atoms with Crippen molar-refractivity contribution in [2.24, 2.45) is 0 Å². The number of aliphatic carboxylic acids is 1. The monoisotopic (exact) mass is 437 g/mol. The van der Waals surface area contributed by atoms with Gasteiger partial charge in [-0.25, -0.2) is 9.78 Å². The molecular formula is C21H18F3NO4S. The standard InChI is InChI=1S/C21H18F3NO4S/c1-12-3-8-16(9-17(12)28-10-19(26)27)30-11-18-13(2)25-20(29-18)14-4-6-15(7-5-14)21(22,23)24/h3-9H,10-11H2,1-2H3,(H,26,27). The second kappa shape index (κ2) is 8.83. The van der Waals surface area contributed by atoms with Crippen molar-refractivity contribution < 1.29 is 32.2 Å². The number of hydrogen-bond acceptors (Lipinski definition) is 5. The van der Waals surface area contributed by atoms with Gasteiger partial charge < -0.3 is 14.3 Å². The van der Waals surface area contributed by atoms with Gasteiger partial charge in [0, 0.05) is 10.5 Å². The van der Waals surface area contributed by atoms with E-state index in [-0.39, 0.29) is 5.89 Å². The van der Waals surface area contributed by atoms with Crippen LogP contribution in [0.4, 0.5) is 13.2 Å². The third kappa shape index (κ3) is 5.35. The molecular weight excluding hydrogens is 419 g/mol. The largest absolute Gasteiger partial charge is 0.482 e. The minimum atomic E-state index is -4.39. The summed E-state index contributed by atoms with van der Waals surface area (Å²) in [6, 6.07) is 10.1. The first-order valence-electron chi connectivity index (χ1n) is 8.85. The average Bonchev–Trinajstić information content (AvgIpc) is 3.06. The number of benzene rings is 2. The van der Waals surface area contributed by atoms with Crippen LogP contribution in [0.1, 0.15) is 22.6 Å². The van der Waals surface area contributed by atoms with Crippen LogP contribution in [0.25, 0.3) is 11.5 Å². The SMILES string of the molecule is Cc1ccc(SCc2oc(-c3ccc(C(F)(F)F)cc3)nc2C)cc1OCC(=O)O. The molecule has 0 saturated carbocycles. The first-order chi connectivity index (χ1) is 14.1. The molecule has 9 heteroatoms. The molecule has 0 aliphatic heterocycles. The summed E-state index contributed by atoms with van der Waals surface area (Å²) in [5.74, 6) is 0.735. The topological polar surface area (TPSA) is 72.6 Å². The van der Waals surface area contributed by atoms with E-state index in [1.54, 1.807) is 13.0 Å². The van der Waals surface area contributed by atoms with Gasteiger partial charge in [0.25, 0.3) is 0 Å². The van der Waals surface area contributed by atoms with Gasteiger partial charge in [-0.3, -0.25) is 0 Å². The summed E-state index contributed by atoms with van der Waals surface area (Å²) in [4.78, 5) is 15.9. The number of alkyl halides is 3. The lowest BCUT2D eigenvalue weighted by atomic mass is 10.1. The fourth-order valence-electron chi connectivity index (χ4n) is 2.60. The van der Waals surface area contributed by atoms with Gasteiger partial charge in [-0.2, -0.15) is 13.2 Å². The minimum Gasteiger partial charge on any atom is -0.482 e. The number of oxazole rings is 1. The first kappa shape index (κ1) is 21.8. The van der Waals surface area contributed by atoms with Crippen LogP contribution in [0.3, 0.4) is 0 Å². The Morgan fingerprint density at radius 3 is 2.50 bits per heavy atom. The quantitative estimate of drug-likeness (QED) is 0.476. The molecule has 2 aromatic carbocycles. The van der Waals surface area contributed by atoms with Gasteiger partial charge in [-0.15, -0.1) is 11.8 Å². The van der Waals surface area contributed by atoms with Gasteiger partial charge in [0.15, 0.2) is 6.61 Å². The maximum Gasteiger partial charge on any atom is 0.416 e. The van der Waals surface area contributed by atoms with Crippen molar-refractivity contribution in [2.75, 3.05) is 6.61 Å². The molecule has 0 radical (unpaired) electrons. The summed E-state index contributed by atoms with van der Waals surface area (Å²) in [6.45, 7) is 3.17. The van der Waals surface area contributed by atoms with Crippen molar-refractivity contribution in [3.63, 3.8) is 0 Å². The molecule has 0 unspecified atom stereocenters. The van der Waals surface area contributed by atoms with E-state index in [0.29, 0.717) is 28.5 Å². The number of carboxylic acid groups (broad SMARTS) is 1. The summed E-state index contributed by atoms with van der Waals surface area (Å²) in [5.41, 5.74) is 1.19. The van der Waals surface area contributed by atoms with E-state index in [4.69, 9.17) is 14.3 Å². The Hall–Kier alpha value is -2.94. The van der Waals surface area contributed by atoms with Crippen molar-refractivity contribution in [3.8, 4) is 17.2 Å². The van der Waals surface area contributed by atoms with Crippen LogP contribution in [0.15, 0.2) is 51.8 Å². The number of carboxylic acids is 1. The maximum absolute atomic E-state index is 12.7. The van der Waals surface area contributed by atoms with Crippen LogP contribution < -0.4 is 4.74 Å². The number of aromatic nitrogens is 1. The van der Waals surface area contributed by atoms with E-state index >= 15 is 0 Å². The molecule has 30 heavy (non-hydrogen) atoms. The number of rotatable bonds is 7. The molecule has 0 aliphatic rings. The van der Waals surface area contributed by atoms with E-state index in [9.17, 15) is 18.0 Å². The third-order valence-corrected chi connectivity index (χ3v) is 5.23. The van der Waals surface area contributed by atoms with Gasteiger partial charge in [0.2, 0.25) is 5.89 Å². The fourth-order valence-corrected chi connectivity index (χ4v) is 3.52. The summed E-state index contributed by atoms with van der Waals surface area (Å²) in [5, 5.41) is 8.76. The lowest BCUT2D eigenvalue weighted by Gasteiger charge is -2.09. The molecule has 3 aromatic rings. The van der Waals surface area contributed by atoms with Crippen molar-refractivity contribution in [1.29, 1.82) is 0 Å². The summed E-state index contributed by atoms with van der Waals surface area (Å²) in [6.07, 6.45) is -4.39. The maximum atomic E-state index is 12.7. The molecule has 0 amide bonds. The van der Waals surface area contributed by atoms with Crippen LogP contribution in [0.5, 0.6) is 5.75 Å². The minimum absolute atomic E-state index is 0.256. The number of aryl methyl sites for hydroxylation is 2. The fraction of sp³-hybridized carbons (Fsp3) is 0.238. The van der Waals surface area contributed by atoms with Crippen molar-refractivity contribution in [1.82, 2.24) is 4.98 Å². The van der Waals surface area contributed by atoms with Gasteiger partial charge in [0.05, 0.1) is 17.0 Å². The van der Waals surface area contributed by atoms with Crippen molar-refractivity contribution in [3.05, 3.63) is 65.0 Å². The molecule has 0 saturated heterocycles. The molecule has 3 rings (SSSR count). The zero-order valence-electron chi connectivity index (χ0n) is 16.1. The second-order valence-electron chi connectivity index (χ2n) is 6.50. The Labute approximate surface area is 174 Å². The average molecular weight is 437 g/mol. The number of thioether (sulfide) groups is 1.